The molecule has 0 saturated carbocycles. The summed E-state index contributed by atoms with van der Waals surface area (Å²) in [6.45, 7) is 1.88. The molecule has 21 heavy (non-hydrogen) atoms. The lowest BCUT2D eigenvalue weighted by atomic mass is 10.1. The van der Waals surface area contributed by atoms with Crippen molar-refractivity contribution in [3.8, 4) is 0 Å². The van der Waals surface area contributed by atoms with Crippen molar-refractivity contribution in [2.45, 2.75) is 16.7 Å². The van der Waals surface area contributed by atoms with Crippen LogP contribution in [0.5, 0.6) is 0 Å². The van der Waals surface area contributed by atoms with Crippen molar-refractivity contribution in [2.75, 3.05) is 12.0 Å². The van der Waals surface area contributed by atoms with Crippen LogP contribution < -0.4 is 0 Å². The third-order valence-corrected chi connectivity index (χ3v) is 5.49. The predicted molar refractivity (Wildman–Crippen MR) is 85.8 cm³/mol. The molecule has 0 bridgehead atoms. The molecule has 0 aromatic heterocycles. The van der Waals surface area contributed by atoms with Gasteiger partial charge in [0.15, 0.2) is 15.6 Å². The van der Waals surface area contributed by atoms with Crippen LogP contribution in [-0.4, -0.2) is 26.2 Å². The van der Waals surface area contributed by atoms with Gasteiger partial charge in [-0.25, -0.2) is 8.42 Å². The number of carbonyl (C=O) groups excluding carboxylic acids is 1. The van der Waals surface area contributed by atoms with E-state index in [0.717, 1.165) is 10.5 Å². The summed E-state index contributed by atoms with van der Waals surface area (Å²) >= 11 is 1.57. The smallest absolute Gasteiger partial charge is 0.185 e. The van der Waals surface area contributed by atoms with Gasteiger partial charge in [-0.05, 0) is 37.4 Å². The van der Waals surface area contributed by atoms with Crippen molar-refractivity contribution in [1.29, 1.82) is 0 Å². The molecule has 0 atom stereocenters. The van der Waals surface area contributed by atoms with Crippen LogP contribution in [0.3, 0.4) is 0 Å². The summed E-state index contributed by atoms with van der Waals surface area (Å²) in [5, 5.41) is 0. The molecule has 0 radical (unpaired) electrons. The zero-order chi connectivity index (χ0) is 15.5. The molecule has 110 valence electrons. The fourth-order valence-electron chi connectivity index (χ4n) is 1.86. The molecule has 0 heterocycles. The van der Waals surface area contributed by atoms with E-state index in [0.29, 0.717) is 5.56 Å². The Balaban J connectivity index is 2.19. The lowest BCUT2D eigenvalue weighted by Gasteiger charge is -2.05. The molecule has 0 spiro atoms. The van der Waals surface area contributed by atoms with Gasteiger partial charge in [0, 0.05) is 10.5 Å². The first-order chi connectivity index (χ1) is 9.92. The molecule has 0 N–H and O–H groups in total. The first-order valence-electron chi connectivity index (χ1n) is 6.39. The normalized spacial score (nSPS) is 11.3. The van der Waals surface area contributed by atoms with E-state index in [2.05, 4.69) is 0 Å². The number of hydrogen-bond acceptors (Lipinski definition) is 4. The van der Waals surface area contributed by atoms with Crippen molar-refractivity contribution in [3.05, 3.63) is 59.7 Å². The lowest BCUT2D eigenvalue weighted by molar-refractivity contribution is 0.102. The van der Waals surface area contributed by atoms with Gasteiger partial charge in [0.1, 0.15) is 5.75 Å². The summed E-state index contributed by atoms with van der Waals surface area (Å²) in [5.41, 5.74) is 1.40. The van der Waals surface area contributed by atoms with Gasteiger partial charge in [-0.1, -0.05) is 29.8 Å². The highest BCUT2D eigenvalue weighted by Gasteiger charge is 2.20. The van der Waals surface area contributed by atoms with Gasteiger partial charge in [-0.3, -0.25) is 4.79 Å². The minimum atomic E-state index is -3.59. The molecule has 0 unspecified atom stereocenters. The van der Waals surface area contributed by atoms with Gasteiger partial charge in [-0.15, -0.1) is 11.8 Å². The first kappa shape index (κ1) is 15.8. The Bertz CT molecular complexity index is 730. The average molecular weight is 320 g/mol. The average Bonchev–Trinajstić information content (AvgIpc) is 2.47. The van der Waals surface area contributed by atoms with Gasteiger partial charge in [-0.2, -0.15) is 0 Å². The molecule has 2 aromatic rings. The van der Waals surface area contributed by atoms with Crippen LogP contribution in [0, 0.1) is 6.92 Å². The second-order valence-corrected chi connectivity index (χ2v) is 7.59. The van der Waals surface area contributed by atoms with Gasteiger partial charge in [0.2, 0.25) is 0 Å². The maximum absolute atomic E-state index is 12.2. The largest absolute Gasteiger partial charge is 0.293 e. The van der Waals surface area contributed by atoms with Gasteiger partial charge >= 0.3 is 0 Å². The predicted octanol–water partition coefficient (Wildman–Crippen LogP) is 3.37. The van der Waals surface area contributed by atoms with Gasteiger partial charge in [0.25, 0.3) is 0 Å². The van der Waals surface area contributed by atoms with Crippen molar-refractivity contribution >= 4 is 27.4 Å². The fraction of sp³-hybridized carbons (Fsp3) is 0.188. The number of carbonyl (C=O) groups is 1. The molecule has 0 aliphatic carbocycles. The SMILES string of the molecule is CSc1ccc(C(=O)CS(=O)(=O)c2ccc(C)cc2)cc1. The molecule has 2 aromatic carbocycles. The highest BCUT2D eigenvalue weighted by atomic mass is 32.2. The Hall–Kier alpha value is -1.59. The van der Waals surface area contributed by atoms with Crippen LogP contribution in [0.25, 0.3) is 0 Å². The molecular weight excluding hydrogens is 304 g/mol. The second kappa shape index (κ2) is 6.45. The number of sulfone groups is 1. The van der Waals surface area contributed by atoms with Crippen LogP contribution >= 0.6 is 11.8 Å². The molecule has 3 nitrogen and oxygen atoms in total. The van der Waals surface area contributed by atoms with E-state index >= 15 is 0 Å². The van der Waals surface area contributed by atoms with E-state index in [4.69, 9.17) is 0 Å². The van der Waals surface area contributed by atoms with Gasteiger partial charge in [0.05, 0.1) is 4.90 Å². The highest BCUT2D eigenvalue weighted by Crippen LogP contribution is 2.17. The number of Topliss-reactive ketones (excluding diaryl/α,β-unsaturated/α-hetero) is 1. The van der Waals surface area contributed by atoms with Crippen molar-refractivity contribution < 1.29 is 13.2 Å². The Morgan fingerprint density at radius 3 is 2.10 bits per heavy atom. The molecule has 2 rings (SSSR count). The Morgan fingerprint density at radius 1 is 1.00 bits per heavy atom. The summed E-state index contributed by atoms with van der Waals surface area (Å²) in [7, 11) is -3.59. The third-order valence-electron chi connectivity index (χ3n) is 3.11. The molecule has 0 aliphatic rings. The van der Waals surface area contributed by atoms with Crippen LogP contribution in [0.1, 0.15) is 15.9 Å². The second-order valence-electron chi connectivity index (χ2n) is 4.72. The molecule has 0 saturated heterocycles. The van der Waals surface area contributed by atoms with E-state index in [-0.39, 0.29) is 10.7 Å². The quantitative estimate of drug-likeness (QED) is 0.626. The Kier molecular flexibility index (Phi) is 4.85. The summed E-state index contributed by atoms with van der Waals surface area (Å²) in [6, 6.07) is 13.5. The van der Waals surface area contributed by atoms with Crippen LogP contribution in [0.15, 0.2) is 58.3 Å². The summed E-state index contributed by atoms with van der Waals surface area (Å²) in [6.07, 6.45) is 1.94. The maximum Gasteiger partial charge on any atom is 0.185 e. The first-order valence-corrected chi connectivity index (χ1v) is 9.27. The van der Waals surface area contributed by atoms with Crippen LogP contribution in [0.4, 0.5) is 0 Å². The fourth-order valence-corrected chi connectivity index (χ4v) is 3.50. The maximum atomic E-state index is 12.2. The number of ketones is 1. The van der Waals surface area contributed by atoms with Crippen molar-refractivity contribution in [3.63, 3.8) is 0 Å². The summed E-state index contributed by atoms with van der Waals surface area (Å²) in [4.78, 5) is 13.3. The van der Waals surface area contributed by atoms with E-state index in [1.165, 1.54) is 12.1 Å². The summed E-state index contributed by atoms with van der Waals surface area (Å²) in [5.74, 6) is -0.891. The van der Waals surface area contributed by atoms with Crippen LogP contribution in [0.2, 0.25) is 0 Å². The lowest BCUT2D eigenvalue weighted by Crippen LogP contribution is -2.16. The van der Waals surface area contributed by atoms with Crippen LogP contribution in [-0.2, 0) is 9.84 Å². The standard InChI is InChI=1S/C16H16O3S2/c1-12-3-9-15(10-4-12)21(18,19)11-16(17)13-5-7-14(20-2)8-6-13/h3-10H,11H2,1-2H3. The molecule has 0 amide bonds. The molecule has 0 fully saturated rings. The number of hydrogen-bond donors (Lipinski definition) is 0. The zero-order valence-electron chi connectivity index (χ0n) is 11.9. The Morgan fingerprint density at radius 2 is 1.57 bits per heavy atom. The van der Waals surface area contributed by atoms with E-state index in [9.17, 15) is 13.2 Å². The topological polar surface area (TPSA) is 51.2 Å². The molecule has 5 heteroatoms. The number of rotatable bonds is 5. The van der Waals surface area contributed by atoms with Gasteiger partial charge < -0.3 is 0 Å². The summed E-state index contributed by atoms with van der Waals surface area (Å²) < 4.78 is 24.5. The van der Waals surface area contributed by atoms with E-state index < -0.39 is 15.6 Å². The van der Waals surface area contributed by atoms with Crippen molar-refractivity contribution in [2.24, 2.45) is 0 Å². The zero-order valence-corrected chi connectivity index (χ0v) is 13.5. The molecular formula is C16H16O3S2. The number of aryl methyl sites for hydroxylation is 1. The molecule has 0 aliphatic heterocycles. The van der Waals surface area contributed by atoms with E-state index in [1.807, 2.05) is 25.3 Å². The minimum Gasteiger partial charge on any atom is -0.293 e. The third kappa shape index (κ3) is 3.95. The van der Waals surface area contributed by atoms with E-state index in [1.54, 1.807) is 36.0 Å². The minimum absolute atomic E-state index is 0.183. The monoisotopic (exact) mass is 320 g/mol. The number of benzene rings is 2. The van der Waals surface area contributed by atoms with Crippen molar-refractivity contribution in [1.82, 2.24) is 0 Å². The highest BCUT2D eigenvalue weighted by molar-refractivity contribution is 7.98. The number of thioether (sulfide) groups is 1. The Labute approximate surface area is 129 Å².